The highest BCUT2D eigenvalue weighted by Gasteiger charge is 2.30. The third-order valence-electron chi connectivity index (χ3n) is 5.36. The Morgan fingerprint density at radius 3 is 2.93 bits per heavy atom. The van der Waals surface area contributed by atoms with Gasteiger partial charge in [-0.05, 0) is 43.3 Å². The first kappa shape index (κ1) is 18.4. The van der Waals surface area contributed by atoms with Crippen LogP contribution in [0.4, 0.5) is 10.1 Å². The van der Waals surface area contributed by atoms with Gasteiger partial charge in [-0.2, -0.15) is 0 Å². The fourth-order valence-electron chi connectivity index (χ4n) is 3.86. The number of aromatic amines is 1. The van der Waals surface area contributed by atoms with Crippen molar-refractivity contribution < 1.29 is 14.0 Å². The van der Waals surface area contributed by atoms with Crippen LogP contribution in [0.3, 0.4) is 0 Å². The maximum atomic E-state index is 13.7. The molecule has 4 rings (SSSR count). The van der Waals surface area contributed by atoms with Gasteiger partial charge in [0.25, 0.3) is 11.8 Å². The van der Waals surface area contributed by atoms with Gasteiger partial charge in [-0.15, -0.1) is 0 Å². The zero-order valence-corrected chi connectivity index (χ0v) is 16.0. The molecule has 2 aliphatic heterocycles. The lowest BCUT2D eigenvalue weighted by Gasteiger charge is -2.27. The number of nitrogens with zero attached hydrogens (tertiary/aromatic N) is 1. The lowest BCUT2D eigenvalue weighted by atomic mass is 10.0. The number of rotatable bonds is 5. The first-order valence-electron chi connectivity index (χ1n) is 9.54. The molecule has 2 amide bonds. The van der Waals surface area contributed by atoms with Crippen molar-refractivity contribution in [1.82, 2.24) is 15.2 Å². The van der Waals surface area contributed by atoms with Gasteiger partial charge in [-0.3, -0.25) is 9.59 Å². The predicted molar refractivity (Wildman–Crippen MR) is 107 cm³/mol. The third kappa shape index (κ3) is 3.11. The molecule has 7 heteroatoms. The Hall–Kier alpha value is -2.93. The van der Waals surface area contributed by atoms with Crippen molar-refractivity contribution in [3.8, 4) is 0 Å². The van der Waals surface area contributed by atoms with Gasteiger partial charge in [0.05, 0.1) is 11.1 Å². The SMILES string of the molecule is CCNCCN1CCc2[nH]c(C=C3C(=O)Nc4ccc(F)cc43)c(C)c2C1=O. The fraction of sp³-hybridized carbons (Fsp3) is 0.333. The second-order valence-electron chi connectivity index (χ2n) is 7.12. The Morgan fingerprint density at radius 2 is 2.14 bits per heavy atom. The standard InChI is InChI=1S/C21H23FN4O2/c1-3-23-7-9-26-8-6-17-19(21(26)28)12(2)18(24-17)11-15-14-10-13(22)4-5-16(14)25-20(15)27/h4-5,10-11,23-24H,3,6-9H2,1-2H3,(H,25,27). The van der Waals surface area contributed by atoms with Crippen LogP contribution >= 0.6 is 0 Å². The number of anilines is 1. The summed E-state index contributed by atoms with van der Waals surface area (Å²) in [4.78, 5) is 30.4. The largest absolute Gasteiger partial charge is 0.358 e. The van der Waals surface area contributed by atoms with Crippen molar-refractivity contribution in [3.63, 3.8) is 0 Å². The number of hydrogen-bond acceptors (Lipinski definition) is 3. The van der Waals surface area contributed by atoms with E-state index in [1.807, 2.05) is 18.7 Å². The average Bonchev–Trinajstić information content (AvgIpc) is 3.15. The number of H-pyrrole nitrogens is 1. The van der Waals surface area contributed by atoms with Gasteiger partial charge in [-0.1, -0.05) is 6.92 Å². The summed E-state index contributed by atoms with van der Waals surface area (Å²) < 4.78 is 13.7. The maximum absolute atomic E-state index is 13.7. The molecular formula is C21H23FN4O2. The number of amides is 2. The molecule has 0 aliphatic carbocycles. The molecule has 0 saturated carbocycles. The number of likely N-dealkylation sites (N-methyl/N-ethyl adjacent to an activating group) is 1. The molecule has 28 heavy (non-hydrogen) atoms. The Bertz CT molecular complexity index is 993. The van der Waals surface area contributed by atoms with E-state index in [0.717, 1.165) is 30.8 Å². The minimum atomic E-state index is -0.393. The van der Waals surface area contributed by atoms with Crippen LogP contribution in [0.15, 0.2) is 18.2 Å². The highest BCUT2D eigenvalue weighted by molar-refractivity contribution is 6.34. The van der Waals surface area contributed by atoms with Crippen molar-refractivity contribution in [2.75, 3.05) is 31.5 Å². The molecule has 2 aliphatic rings. The van der Waals surface area contributed by atoms with Crippen LogP contribution in [-0.4, -0.2) is 47.9 Å². The normalized spacial score (nSPS) is 17.1. The van der Waals surface area contributed by atoms with Gasteiger partial charge in [0.1, 0.15) is 5.82 Å². The van der Waals surface area contributed by atoms with Crippen molar-refractivity contribution in [2.45, 2.75) is 20.3 Å². The number of aromatic nitrogens is 1. The number of hydrogen-bond donors (Lipinski definition) is 3. The van der Waals surface area contributed by atoms with Crippen LogP contribution in [0.25, 0.3) is 11.6 Å². The maximum Gasteiger partial charge on any atom is 0.256 e. The molecule has 0 bridgehead atoms. The molecular weight excluding hydrogens is 359 g/mol. The van der Waals surface area contributed by atoms with Gasteiger partial charge in [0.2, 0.25) is 0 Å². The van der Waals surface area contributed by atoms with Crippen LogP contribution in [0, 0.1) is 12.7 Å². The van der Waals surface area contributed by atoms with E-state index in [2.05, 4.69) is 15.6 Å². The second-order valence-corrected chi connectivity index (χ2v) is 7.12. The summed E-state index contributed by atoms with van der Waals surface area (Å²) in [5, 5.41) is 5.99. The Morgan fingerprint density at radius 1 is 1.32 bits per heavy atom. The number of carbonyl (C=O) groups is 2. The monoisotopic (exact) mass is 382 g/mol. The van der Waals surface area contributed by atoms with E-state index in [4.69, 9.17) is 0 Å². The number of carbonyl (C=O) groups excluding carboxylic acids is 2. The number of benzene rings is 1. The molecule has 0 unspecified atom stereocenters. The highest BCUT2D eigenvalue weighted by Crippen LogP contribution is 2.35. The molecule has 146 valence electrons. The van der Waals surface area contributed by atoms with Gasteiger partial charge in [0.15, 0.2) is 0 Å². The zero-order chi connectivity index (χ0) is 19.8. The van der Waals surface area contributed by atoms with Crippen LogP contribution in [-0.2, 0) is 11.2 Å². The topological polar surface area (TPSA) is 77.2 Å². The minimum Gasteiger partial charge on any atom is -0.358 e. The molecule has 0 saturated heterocycles. The van der Waals surface area contributed by atoms with Crippen LogP contribution in [0.5, 0.6) is 0 Å². The second kappa shape index (κ2) is 7.24. The summed E-state index contributed by atoms with van der Waals surface area (Å²) in [7, 11) is 0. The van der Waals surface area contributed by atoms with E-state index in [0.29, 0.717) is 41.2 Å². The fourth-order valence-corrected chi connectivity index (χ4v) is 3.86. The van der Waals surface area contributed by atoms with Gasteiger partial charge < -0.3 is 20.5 Å². The van der Waals surface area contributed by atoms with Crippen LogP contribution in [0.1, 0.15) is 39.8 Å². The summed E-state index contributed by atoms with van der Waals surface area (Å²) in [5.41, 5.74) is 4.65. The minimum absolute atomic E-state index is 0.0138. The van der Waals surface area contributed by atoms with E-state index in [-0.39, 0.29) is 11.8 Å². The first-order chi connectivity index (χ1) is 13.5. The van der Waals surface area contributed by atoms with E-state index >= 15 is 0 Å². The summed E-state index contributed by atoms with van der Waals surface area (Å²) in [6.07, 6.45) is 2.46. The zero-order valence-electron chi connectivity index (χ0n) is 16.0. The number of nitrogens with one attached hydrogen (secondary N) is 3. The molecule has 1 aromatic carbocycles. The summed E-state index contributed by atoms with van der Waals surface area (Å²) in [6.45, 7) is 6.89. The number of halogens is 1. The molecule has 1 aromatic heterocycles. The quantitative estimate of drug-likeness (QED) is 0.549. The lowest BCUT2D eigenvalue weighted by molar-refractivity contribution is -0.110. The van der Waals surface area contributed by atoms with Crippen LogP contribution in [0.2, 0.25) is 0 Å². The van der Waals surface area contributed by atoms with Gasteiger partial charge in [-0.25, -0.2) is 4.39 Å². The van der Waals surface area contributed by atoms with E-state index < -0.39 is 5.82 Å². The summed E-state index contributed by atoms with van der Waals surface area (Å²) in [6, 6.07) is 4.23. The Labute approximate surface area is 162 Å². The summed E-state index contributed by atoms with van der Waals surface area (Å²) in [5.74, 6) is -0.652. The van der Waals surface area contributed by atoms with Crippen molar-refractivity contribution in [3.05, 3.63) is 52.1 Å². The molecule has 3 heterocycles. The molecule has 2 aromatic rings. The molecule has 0 fully saturated rings. The highest BCUT2D eigenvalue weighted by atomic mass is 19.1. The lowest BCUT2D eigenvalue weighted by Crippen LogP contribution is -2.41. The van der Waals surface area contributed by atoms with E-state index in [1.54, 1.807) is 12.1 Å². The molecule has 0 radical (unpaired) electrons. The van der Waals surface area contributed by atoms with Crippen molar-refractivity contribution in [1.29, 1.82) is 0 Å². The number of fused-ring (bicyclic) bond motifs is 2. The van der Waals surface area contributed by atoms with Gasteiger partial charge in [0, 0.05) is 48.7 Å². The van der Waals surface area contributed by atoms with Gasteiger partial charge >= 0.3 is 0 Å². The molecule has 0 spiro atoms. The van der Waals surface area contributed by atoms with E-state index in [1.165, 1.54) is 12.1 Å². The molecule has 3 N–H and O–H groups in total. The van der Waals surface area contributed by atoms with E-state index in [9.17, 15) is 14.0 Å². The average molecular weight is 382 g/mol. The molecule has 0 atom stereocenters. The predicted octanol–water partition coefficient (Wildman–Crippen LogP) is 2.56. The Balaban J connectivity index is 1.67. The third-order valence-corrected chi connectivity index (χ3v) is 5.36. The van der Waals surface area contributed by atoms with Crippen molar-refractivity contribution >= 4 is 29.2 Å². The summed E-state index contributed by atoms with van der Waals surface area (Å²) >= 11 is 0. The first-order valence-corrected chi connectivity index (χ1v) is 9.54. The Kier molecular flexibility index (Phi) is 4.77. The molecule has 6 nitrogen and oxygen atoms in total. The smallest absolute Gasteiger partial charge is 0.256 e. The van der Waals surface area contributed by atoms with Crippen LogP contribution < -0.4 is 10.6 Å². The van der Waals surface area contributed by atoms with Crippen molar-refractivity contribution in [2.24, 2.45) is 0 Å².